The SMILES string of the molecule is CN1CCC(c2ccc(C(=O)Nc3ccc([C@@H]4C[C@H]4N)cc3)cc2)CC1. The van der Waals surface area contributed by atoms with Gasteiger partial charge in [-0.2, -0.15) is 0 Å². The summed E-state index contributed by atoms with van der Waals surface area (Å²) in [4.78, 5) is 14.9. The number of nitrogens with one attached hydrogen (secondary N) is 1. The van der Waals surface area contributed by atoms with Gasteiger partial charge in [0.05, 0.1) is 0 Å². The second-order valence-electron chi connectivity index (χ2n) is 7.78. The molecule has 1 saturated carbocycles. The van der Waals surface area contributed by atoms with Gasteiger partial charge in [0, 0.05) is 23.2 Å². The highest BCUT2D eigenvalue weighted by molar-refractivity contribution is 6.04. The molecule has 3 N–H and O–H groups in total. The monoisotopic (exact) mass is 349 g/mol. The van der Waals surface area contributed by atoms with Crippen LogP contribution in [0.2, 0.25) is 0 Å². The van der Waals surface area contributed by atoms with Crippen LogP contribution in [0.5, 0.6) is 0 Å². The molecule has 1 saturated heterocycles. The van der Waals surface area contributed by atoms with E-state index in [0.717, 1.165) is 25.2 Å². The number of benzene rings is 2. The zero-order valence-corrected chi connectivity index (χ0v) is 15.3. The van der Waals surface area contributed by atoms with Crippen LogP contribution in [0, 0.1) is 0 Å². The minimum atomic E-state index is -0.0594. The lowest BCUT2D eigenvalue weighted by Gasteiger charge is -2.29. The lowest BCUT2D eigenvalue weighted by Crippen LogP contribution is -2.29. The summed E-state index contributed by atoms with van der Waals surface area (Å²) in [5.41, 5.74) is 10.0. The van der Waals surface area contributed by atoms with Crippen molar-refractivity contribution in [2.75, 3.05) is 25.5 Å². The Kier molecular flexibility index (Phi) is 4.79. The van der Waals surface area contributed by atoms with Gasteiger partial charge >= 0.3 is 0 Å². The number of carbonyl (C=O) groups is 1. The van der Waals surface area contributed by atoms with Gasteiger partial charge in [-0.25, -0.2) is 0 Å². The summed E-state index contributed by atoms with van der Waals surface area (Å²) in [6.45, 7) is 2.29. The molecule has 1 aliphatic heterocycles. The number of carbonyl (C=O) groups excluding carboxylic acids is 1. The van der Waals surface area contributed by atoms with Gasteiger partial charge < -0.3 is 16.0 Å². The van der Waals surface area contributed by atoms with Crippen LogP contribution >= 0.6 is 0 Å². The summed E-state index contributed by atoms with van der Waals surface area (Å²) >= 11 is 0. The van der Waals surface area contributed by atoms with E-state index in [9.17, 15) is 4.79 Å². The molecule has 0 bridgehead atoms. The molecule has 0 radical (unpaired) electrons. The maximum atomic E-state index is 12.5. The van der Waals surface area contributed by atoms with E-state index in [1.54, 1.807) is 0 Å². The van der Waals surface area contributed by atoms with Crippen molar-refractivity contribution in [3.05, 3.63) is 65.2 Å². The number of piperidine rings is 1. The summed E-state index contributed by atoms with van der Waals surface area (Å²) in [6, 6.07) is 16.5. The van der Waals surface area contributed by atoms with Crippen molar-refractivity contribution in [3.8, 4) is 0 Å². The van der Waals surface area contributed by atoms with Gasteiger partial charge in [-0.05, 0) is 80.7 Å². The maximum Gasteiger partial charge on any atom is 0.255 e. The van der Waals surface area contributed by atoms with Gasteiger partial charge in [-0.3, -0.25) is 4.79 Å². The third kappa shape index (κ3) is 3.81. The third-order valence-corrected chi connectivity index (χ3v) is 5.80. The van der Waals surface area contributed by atoms with Crippen LogP contribution in [0.1, 0.15) is 52.6 Å². The van der Waals surface area contributed by atoms with Crippen molar-refractivity contribution in [1.29, 1.82) is 0 Å². The Morgan fingerprint density at radius 2 is 1.58 bits per heavy atom. The summed E-state index contributed by atoms with van der Waals surface area (Å²) in [7, 11) is 2.18. The van der Waals surface area contributed by atoms with Gasteiger partial charge in [0.25, 0.3) is 5.91 Å². The first-order valence-corrected chi connectivity index (χ1v) is 9.55. The number of hydrogen-bond donors (Lipinski definition) is 2. The first-order valence-electron chi connectivity index (χ1n) is 9.55. The molecule has 2 atom stereocenters. The number of rotatable bonds is 4. The fourth-order valence-electron chi connectivity index (χ4n) is 3.86. The van der Waals surface area contributed by atoms with E-state index in [1.807, 2.05) is 24.3 Å². The molecule has 4 heteroatoms. The Bertz CT molecular complexity index is 761. The van der Waals surface area contributed by atoms with Crippen LogP contribution in [-0.4, -0.2) is 37.0 Å². The molecule has 2 aliphatic rings. The van der Waals surface area contributed by atoms with Crippen molar-refractivity contribution in [3.63, 3.8) is 0 Å². The van der Waals surface area contributed by atoms with Crippen molar-refractivity contribution < 1.29 is 4.79 Å². The van der Waals surface area contributed by atoms with E-state index in [4.69, 9.17) is 5.73 Å². The predicted octanol–water partition coefficient (Wildman–Crippen LogP) is 3.56. The van der Waals surface area contributed by atoms with Crippen LogP contribution in [0.15, 0.2) is 48.5 Å². The molecule has 0 spiro atoms. The van der Waals surface area contributed by atoms with E-state index >= 15 is 0 Å². The van der Waals surface area contributed by atoms with Crippen molar-refractivity contribution in [2.24, 2.45) is 5.73 Å². The smallest absolute Gasteiger partial charge is 0.255 e. The lowest BCUT2D eigenvalue weighted by atomic mass is 9.89. The van der Waals surface area contributed by atoms with E-state index in [0.29, 0.717) is 23.4 Å². The minimum absolute atomic E-state index is 0.0594. The quantitative estimate of drug-likeness (QED) is 0.887. The highest BCUT2D eigenvalue weighted by atomic mass is 16.1. The average Bonchev–Trinajstić information content (AvgIpc) is 3.40. The standard InChI is InChI=1S/C22H27N3O/c1-25-12-10-16(11-13-25)15-2-4-18(5-3-15)22(26)24-19-8-6-17(7-9-19)20-14-21(20)23/h2-9,16,20-21H,10-14,23H2,1H3,(H,24,26)/t20-,21+/m0/s1. The second kappa shape index (κ2) is 7.22. The van der Waals surface area contributed by atoms with E-state index in [2.05, 4.69) is 41.5 Å². The number of amides is 1. The first kappa shape index (κ1) is 17.3. The average molecular weight is 349 g/mol. The Morgan fingerprint density at radius 1 is 1.00 bits per heavy atom. The van der Waals surface area contributed by atoms with Crippen molar-refractivity contribution >= 4 is 11.6 Å². The fourth-order valence-corrected chi connectivity index (χ4v) is 3.86. The van der Waals surface area contributed by atoms with Gasteiger partial charge in [0.15, 0.2) is 0 Å². The number of likely N-dealkylation sites (tertiary alicyclic amines) is 1. The van der Waals surface area contributed by atoms with Crippen LogP contribution in [-0.2, 0) is 0 Å². The molecule has 0 unspecified atom stereocenters. The molecule has 0 aromatic heterocycles. The van der Waals surface area contributed by atoms with Crippen LogP contribution in [0.4, 0.5) is 5.69 Å². The highest BCUT2D eigenvalue weighted by Crippen LogP contribution is 2.39. The molecule has 1 aliphatic carbocycles. The van der Waals surface area contributed by atoms with Gasteiger partial charge in [-0.15, -0.1) is 0 Å². The Balaban J connectivity index is 1.37. The molecule has 4 nitrogen and oxygen atoms in total. The molecule has 2 aromatic rings. The molecular formula is C22H27N3O. The van der Waals surface area contributed by atoms with Crippen LogP contribution in [0.3, 0.4) is 0 Å². The van der Waals surface area contributed by atoms with Crippen molar-refractivity contribution in [2.45, 2.75) is 37.1 Å². The number of nitrogens with zero attached hydrogens (tertiary/aromatic N) is 1. The summed E-state index contributed by atoms with van der Waals surface area (Å²) in [5.74, 6) is 1.05. The zero-order valence-electron chi connectivity index (χ0n) is 15.3. The van der Waals surface area contributed by atoms with E-state index < -0.39 is 0 Å². The summed E-state index contributed by atoms with van der Waals surface area (Å²) in [5, 5.41) is 2.98. The van der Waals surface area contributed by atoms with E-state index in [-0.39, 0.29) is 5.91 Å². The molecule has 1 heterocycles. The largest absolute Gasteiger partial charge is 0.327 e. The fraction of sp³-hybridized carbons (Fsp3) is 0.409. The molecule has 26 heavy (non-hydrogen) atoms. The van der Waals surface area contributed by atoms with Crippen molar-refractivity contribution in [1.82, 2.24) is 4.90 Å². The Labute approximate surface area is 155 Å². The van der Waals surface area contributed by atoms with Gasteiger partial charge in [0.1, 0.15) is 0 Å². The molecule has 2 aromatic carbocycles. The molecule has 1 amide bonds. The molecule has 2 fully saturated rings. The summed E-state index contributed by atoms with van der Waals surface area (Å²) in [6.07, 6.45) is 3.45. The molecule has 4 rings (SSSR count). The first-order chi connectivity index (χ1) is 12.6. The lowest BCUT2D eigenvalue weighted by molar-refractivity contribution is 0.102. The Morgan fingerprint density at radius 3 is 2.15 bits per heavy atom. The second-order valence-corrected chi connectivity index (χ2v) is 7.78. The maximum absolute atomic E-state index is 12.5. The van der Waals surface area contributed by atoms with Crippen LogP contribution in [0.25, 0.3) is 0 Å². The van der Waals surface area contributed by atoms with Gasteiger partial charge in [-0.1, -0.05) is 24.3 Å². The number of nitrogens with two attached hydrogens (primary N) is 1. The van der Waals surface area contributed by atoms with E-state index in [1.165, 1.54) is 24.0 Å². The zero-order chi connectivity index (χ0) is 18.1. The predicted molar refractivity (Wildman–Crippen MR) is 106 cm³/mol. The molecule has 136 valence electrons. The number of anilines is 1. The highest BCUT2D eigenvalue weighted by Gasteiger charge is 2.34. The summed E-state index contributed by atoms with van der Waals surface area (Å²) < 4.78 is 0. The Hall–Kier alpha value is -2.17. The topological polar surface area (TPSA) is 58.4 Å². The third-order valence-electron chi connectivity index (χ3n) is 5.80. The van der Waals surface area contributed by atoms with Gasteiger partial charge in [0.2, 0.25) is 0 Å². The minimum Gasteiger partial charge on any atom is -0.327 e. The number of hydrogen-bond acceptors (Lipinski definition) is 3. The van der Waals surface area contributed by atoms with Crippen LogP contribution < -0.4 is 11.1 Å². The molecular weight excluding hydrogens is 322 g/mol. The normalized spacial score (nSPS) is 23.6.